The Morgan fingerprint density at radius 2 is 1.80 bits per heavy atom. The summed E-state index contributed by atoms with van der Waals surface area (Å²) >= 11 is 5.51. The highest BCUT2D eigenvalue weighted by molar-refractivity contribution is 9.09. The Kier molecular flexibility index (Phi) is 11.0. The lowest BCUT2D eigenvalue weighted by molar-refractivity contribution is -0.148. The maximum absolute atomic E-state index is 14.7. The van der Waals surface area contributed by atoms with Crippen LogP contribution in [0.4, 0.5) is 0 Å². The SMILES string of the molecule is C=CCN(CCN1CCOCC1)C(=O)C1N([C@@H](CO)C(C)C)C(=O)[C@@H]2[C@@H](C(=O)N(CC=C)CCC)[C@@H]3SC12CC3Br. The summed E-state index contributed by atoms with van der Waals surface area (Å²) < 4.78 is 4.74. The maximum atomic E-state index is 14.7. The lowest BCUT2D eigenvalue weighted by atomic mass is 9.70. The molecular formula is C30H47BrN4O5S. The number of carbonyl (C=O) groups excluding carboxylic acids is 3. The molecule has 9 nitrogen and oxygen atoms in total. The van der Waals surface area contributed by atoms with Crippen LogP contribution in [0.1, 0.15) is 33.6 Å². The second-order valence-corrected chi connectivity index (χ2v) is 14.7. The van der Waals surface area contributed by atoms with Crippen molar-refractivity contribution >= 4 is 45.4 Å². The van der Waals surface area contributed by atoms with E-state index in [1.807, 2.05) is 25.7 Å². The number of hydrogen-bond acceptors (Lipinski definition) is 7. The predicted molar refractivity (Wildman–Crippen MR) is 166 cm³/mol. The summed E-state index contributed by atoms with van der Waals surface area (Å²) in [4.78, 5) is 50.9. The number of fused-ring (bicyclic) bond motifs is 1. The summed E-state index contributed by atoms with van der Waals surface area (Å²) in [6, 6.07) is -1.29. The highest BCUT2D eigenvalue weighted by atomic mass is 79.9. The molecule has 2 bridgehead atoms. The monoisotopic (exact) mass is 654 g/mol. The number of halogens is 1. The van der Waals surface area contributed by atoms with E-state index in [0.717, 1.165) is 19.5 Å². The Morgan fingerprint density at radius 3 is 2.37 bits per heavy atom. The second kappa shape index (κ2) is 13.9. The molecule has 41 heavy (non-hydrogen) atoms. The largest absolute Gasteiger partial charge is 0.394 e. The van der Waals surface area contributed by atoms with Crippen molar-refractivity contribution in [3.8, 4) is 0 Å². The Hall–Kier alpha value is -1.40. The Balaban J connectivity index is 1.73. The van der Waals surface area contributed by atoms with Crippen LogP contribution in [-0.2, 0) is 19.1 Å². The van der Waals surface area contributed by atoms with E-state index in [0.29, 0.717) is 52.4 Å². The van der Waals surface area contributed by atoms with Gasteiger partial charge in [-0.25, -0.2) is 0 Å². The van der Waals surface area contributed by atoms with Crippen molar-refractivity contribution in [3.05, 3.63) is 25.3 Å². The van der Waals surface area contributed by atoms with Crippen molar-refractivity contribution in [1.29, 1.82) is 0 Å². The Labute approximate surface area is 257 Å². The fraction of sp³-hybridized carbons (Fsp3) is 0.767. The lowest BCUT2D eigenvalue weighted by Gasteiger charge is -2.41. The first-order chi connectivity index (χ1) is 19.7. The molecule has 0 aromatic heterocycles. The fourth-order valence-electron chi connectivity index (χ4n) is 7.24. The van der Waals surface area contributed by atoms with Crippen LogP contribution in [0.3, 0.4) is 0 Å². The van der Waals surface area contributed by atoms with Gasteiger partial charge in [-0.15, -0.1) is 24.9 Å². The Morgan fingerprint density at radius 1 is 1.17 bits per heavy atom. The van der Waals surface area contributed by atoms with Gasteiger partial charge in [-0.2, -0.15) is 0 Å². The van der Waals surface area contributed by atoms with Crippen LogP contribution in [0.25, 0.3) is 0 Å². The third-order valence-electron chi connectivity index (χ3n) is 9.17. The van der Waals surface area contributed by atoms with E-state index in [1.54, 1.807) is 33.7 Å². The predicted octanol–water partition coefficient (Wildman–Crippen LogP) is 2.24. The molecule has 4 aliphatic heterocycles. The van der Waals surface area contributed by atoms with Crippen molar-refractivity contribution in [1.82, 2.24) is 19.6 Å². The quantitative estimate of drug-likeness (QED) is 0.227. The van der Waals surface area contributed by atoms with Gasteiger partial charge in [-0.1, -0.05) is 48.9 Å². The van der Waals surface area contributed by atoms with Gasteiger partial charge < -0.3 is 24.5 Å². The maximum Gasteiger partial charge on any atom is 0.247 e. The first-order valence-corrected chi connectivity index (χ1v) is 16.8. The third kappa shape index (κ3) is 6.03. The molecule has 3 unspecified atom stereocenters. The number of nitrogens with zero attached hydrogens (tertiary/aromatic N) is 4. The molecule has 0 radical (unpaired) electrons. The van der Waals surface area contributed by atoms with Gasteiger partial charge in [0.1, 0.15) is 6.04 Å². The summed E-state index contributed by atoms with van der Waals surface area (Å²) in [7, 11) is 0. The van der Waals surface area contributed by atoms with Gasteiger partial charge in [0.15, 0.2) is 0 Å². The first-order valence-electron chi connectivity index (χ1n) is 15.0. The molecule has 0 aromatic carbocycles. The molecular weight excluding hydrogens is 608 g/mol. The van der Waals surface area contributed by atoms with Gasteiger partial charge in [0.05, 0.1) is 42.4 Å². The number of carbonyl (C=O) groups is 3. The van der Waals surface area contributed by atoms with Crippen molar-refractivity contribution in [2.24, 2.45) is 17.8 Å². The minimum absolute atomic E-state index is 0.000730. The van der Waals surface area contributed by atoms with Crippen LogP contribution >= 0.6 is 27.7 Å². The van der Waals surface area contributed by atoms with E-state index in [-0.39, 0.29) is 40.3 Å². The smallest absolute Gasteiger partial charge is 0.247 e. The fourth-order valence-corrected chi connectivity index (χ4v) is 10.8. The minimum atomic E-state index is -0.768. The number of aliphatic hydroxyl groups is 1. The van der Waals surface area contributed by atoms with Crippen molar-refractivity contribution in [2.75, 3.05) is 65.6 Å². The van der Waals surface area contributed by atoms with Gasteiger partial charge in [0.2, 0.25) is 17.7 Å². The highest BCUT2D eigenvalue weighted by Crippen LogP contribution is 2.68. The van der Waals surface area contributed by atoms with Crippen LogP contribution in [0.5, 0.6) is 0 Å². The minimum Gasteiger partial charge on any atom is -0.394 e. The number of likely N-dealkylation sites (tertiary alicyclic amines) is 1. The molecule has 0 aliphatic carbocycles. The van der Waals surface area contributed by atoms with E-state index in [9.17, 15) is 19.5 Å². The Bertz CT molecular complexity index is 994. The van der Waals surface area contributed by atoms with E-state index in [2.05, 4.69) is 34.0 Å². The van der Waals surface area contributed by atoms with Crippen molar-refractivity contribution < 1.29 is 24.2 Å². The number of amides is 3. The second-order valence-electron chi connectivity index (χ2n) is 12.0. The van der Waals surface area contributed by atoms with E-state index in [4.69, 9.17) is 4.74 Å². The molecule has 4 aliphatic rings. The first kappa shape index (κ1) is 32.5. The van der Waals surface area contributed by atoms with Crippen molar-refractivity contribution in [3.63, 3.8) is 0 Å². The van der Waals surface area contributed by atoms with Crippen LogP contribution < -0.4 is 0 Å². The van der Waals surface area contributed by atoms with Crippen LogP contribution in [0.2, 0.25) is 0 Å². The molecule has 4 heterocycles. The molecule has 1 spiro atoms. The molecule has 1 N–H and O–H groups in total. The van der Waals surface area contributed by atoms with E-state index in [1.165, 1.54) is 0 Å². The molecule has 230 valence electrons. The topological polar surface area (TPSA) is 93.6 Å². The molecule has 7 atom stereocenters. The average molecular weight is 656 g/mol. The summed E-state index contributed by atoms with van der Waals surface area (Å²) in [5, 5.41) is 10.4. The van der Waals surface area contributed by atoms with Gasteiger partial charge in [-0.3, -0.25) is 19.3 Å². The molecule has 4 saturated heterocycles. The molecule has 0 saturated carbocycles. The third-order valence-corrected chi connectivity index (χ3v) is 12.4. The summed E-state index contributed by atoms with van der Waals surface area (Å²) in [6.07, 6.45) is 4.88. The molecule has 4 rings (SSSR count). The van der Waals surface area contributed by atoms with E-state index < -0.39 is 28.7 Å². The molecule has 0 aromatic rings. The zero-order valence-electron chi connectivity index (χ0n) is 24.8. The van der Waals surface area contributed by atoms with Gasteiger partial charge >= 0.3 is 0 Å². The normalized spacial score (nSPS) is 31.8. The number of thioether (sulfide) groups is 1. The standard InChI is InChI=1S/C30H47BrN4O5S/c1-6-9-33(10-7-2)27(37)23-24-28(38)35(22(19-36)20(4)5)26(30(24)18-21(31)25(23)41-30)29(39)34(11-8-3)13-12-32-14-16-40-17-15-32/h6,8,20-26,36H,1,3,7,9-19H2,2,4-5H3/t21?,22-,23+,24-,25+,26?,30?/m0/s1. The van der Waals surface area contributed by atoms with Crippen LogP contribution in [-0.4, -0.2) is 135 Å². The number of aliphatic hydroxyl groups excluding tert-OH is 1. The zero-order valence-corrected chi connectivity index (χ0v) is 27.2. The van der Waals surface area contributed by atoms with Crippen molar-refractivity contribution in [2.45, 2.75) is 60.5 Å². The van der Waals surface area contributed by atoms with Gasteiger partial charge in [0.25, 0.3) is 0 Å². The highest BCUT2D eigenvalue weighted by Gasteiger charge is 2.76. The van der Waals surface area contributed by atoms with Crippen LogP contribution in [0.15, 0.2) is 25.3 Å². The number of alkyl halides is 1. The van der Waals surface area contributed by atoms with Crippen LogP contribution in [0, 0.1) is 17.8 Å². The number of hydrogen-bond donors (Lipinski definition) is 1. The summed E-state index contributed by atoms with van der Waals surface area (Å²) in [5.74, 6) is -1.55. The summed E-state index contributed by atoms with van der Waals surface area (Å²) in [6.45, 7) is 19.1. The van der Waals surface area contributed by atoms with E-state index >= 15 is 0 Å². The number of morpholine rings is 1. The summed E-state index contributed by atoms with van der Waals surface area (Å²) in [5.41, 5.74) is 0. The molecule has 4 fully saturated rings. The van der Waals surface area contributed by atoms with Gasteiger partial charge in [0, 0.05) is 55.9 Å². The molecule has 3 amide bonds. The molecule has 11 heteroatoms. The van der Waals surface area contributed by atoms with Gasteiger partial charge in [-0.05, 0) is 18.8 Å². The number of rotatable bonds is 14. The lowest BCUT2D eigenvalue weighted by Crippen LogP contribution is -2.59. The average Bonchev–Trinajstić information content (AvgIpc) is 3.54. The number of ether oxygens (including phenoxy) is 1. The zero-order chi connectivity index (χ0) is 29.9.